The highest BCUT2D eigenvalue weighted by atomic mass is 32.2. The van der Waals surface area contributed by atoms with Crippen LogP contribution < -0.4 is 20.1 Å². The summed E-state index contributed by atoms with van der Waals surface area (Å²) in [5.41, 5.74) is 2.79. The molecule has 1 saturated carbocycles. The molecule has 236 valence electrons. The van der Waals surface area contributed by atoms with Crippen LogP contribution in [0.3, 0.4) is 0 Å². The number of sulfonamides is 1. The van der Waals surface area contributed by atoms with E-state index in [1.807, 2.05) is 25.3 Å². The van der Waals surface area contributed by atoms with Gasteiger partial charge in [0, 0.05) is 52.8 Å². The number of carbonyl (C=O) groups is 3. The van der Waals surface area contributed by atoms with Crippen molar-refractivity contribution >= 4 is 44.5 Å². The van der Waals surface area contributed by atoms with E-state index >= 15 is 0 Å². The normalized spacial score (nSPS) is 14.1. The van der Waals surface area contributed by atoms with Gasteiger partial charge in [-0.1, -0.05) is 24.3 Å². The number of benzene rings is 3. The van der Waals surface area contributed by atoms with Gasteiger partial charge in [-0.05, 0) is 80.6 Å². The van der Waals surface area contributed by atoms with E-state index in [0.717, 1.165) is 42.1 Å². The van der Waals surface area contributed by atoms with Crippen molar-refractivity contribution in [2.75, 3.05) is 19.0 Å². The summed E-state index contributed by atoms with van der Waals surface area (Å²) >= 11 is 0. The molecule has 0 aliphatic heterocycles. The van der Waals surface area contributed by atoms with Crippen molar-refractivity contribution in [1.82, 2.24) is 15.0 Å². The Morgan fingerprint density at radius 1 is 0.978 bits per heavy atom. The van der Waals surface area contributed by atoms with Crippen LogP contribution in [0.15, 0.2) is 77.8 Å². The minimum atomic E-state index is -4.09. The lowest BCUT2D eigenvalue weighted by atomic mass is 9.86. The zero-order valence-electron chi connectivity index (χ0n) is 25.1. The number of nitrogens with one attached hydrogen (secondary N) is 4. The van der Waals surface area contributed by atoms with Gasteiger partial charge in [0.2, 0.25) is 5.91 Å². The summed E-state index contributed by atoms with van der Waals surface area (Å²) in [6.07, 6.45) is 5.10. The summed E-state index contributed by atoms with van der Waals surface area (Å²) < 4.78 is 38.8. The van der Waals surface area contributed by atoms with Gasteiger partial charge in [0.25, 0.3) is 15.9 Å². The maximum absolute atomic E-state index is 13.0. The molecule has 0 radical (unpaired) electrons. The smallest absolute Gasteiger partial charge is 0.411 e. The van der Waals surface area contributed by atoms with E-state index in [1.54, 1.807) is 30.3 Å². The highest BCUT2D eigenvalue weighted by Crippen LogP contribution is 2.39. The highest BCUT2D eigenvalue weighted by Gasteiger charge is 2.27. The average molecular weight is 633 g/mol. The molecule has 11 nitrogen and oxygen atoms in total. The number of H-pyrrole nitrogens is 1. The molecule has 1 fully saturated rings. The van der Waals surface area contributed by atoms with Crippen LogP contribution in [0.5, 0.6) is 5.75 Å². The first-order valence-electron chi connectivity index (χ1n) is 14.8. The Morgan fingerprint density at radius 3 is 2.44 bits per heavy atom. The maximum atomic E-state index is 13.0. The summed E-state index contributed by atoms with van der Waals surface area (Å²) in [5, 5.41) is 6.44. The summed E-state index contributed by atoms with van der Waals surface area (Å²) in [5.74, 6) is -1.23. The lowest BCUT2D eigenvalue weighted by Gasteiger charge is -2.20. The van der Waals surface area contributed by atoms with Crippen LogP contribution in [0.1, 0.15) is 66.4 Å². The molecule has 4 aromatic rings. The largest absolute Gasteiger partial charge is 0.496 e. The quantitative estimate of drug-likeness (QED) is 0.171. The number of ether oxygens (including phenoxy) is 2. The van der Waals surface area contributed by atoms with Crippen molar-refractivity contribution in [2.45, 2.75) is 55.9 Å². The first-order valence-corrected chi connectivity index (χ1v) is 16.3. The van der Waals surface area contributed by atoms with Crippen LogP contribution in [-0.2, 0) is 19.6 Å². The third-order valence-electron chi connectivity index (χ3n) is 7.83. The van der Waals surface area contributed by atoms with Gasteiger partial charge >= 0.3 is 6.09 Å². The summed E-state index contributed by atoms with van der Waals surface area (Å²) in [6, 6.07) is 17.7. The number of amides is 3. The van der Waals surface area contributed by atoms with Gasteiger partial charge in [-0.25, -0.2) is 17.9 Å². The van der Waals surface area contributed by atoms with Crippen LogP contribution in [0.4, 0.5) is 10.5 Å². The zero-order chi connectivity index (χ0) is 32.0. The molecule has 0 saturated heterocycles. The molecular weight excluding hydrogens is 596 g/mol. The first kappa shape index (κ1) is 31.6. The van der Waals surface area contributed by atoms with E-state index in [-0.39, 0.29) is 28.9 Å². The average Bonchev–Trinajstić information content (AvgIpc) is 3.70. The van der Waals surface area contributed by atoms with Crippen LogP contribution in [0.25, 0.3) is 10.9 Å². The summed E-state index contributed by atoms with van der Waals surface area (Å²) in [4.78, 5) is 41.7. The lowest BCUT2D eigenvalue weighted by Crippen LogP contribution is -2.30. The number of anilines is 1. The van der Waals surface area contributed by atoms with Gasteiger partial charge in [0.15, 0.2) is 0 Å². The third kappa shape index (κ3) is 7.46. The number of aromatic nitrogens is 1. The zero-order valence-corrected chi connectivity index (χ0v) is 25.9. The van der Waals surface area contributed by atoms with E-state index in [1.165, 1.54) is 31.4 Å². The van der Waals surface area contributed by atoms with Crippen LogP contribution in [0.2, 0.25) is 0 Å². The number of methoxy groups -OCH3 is 1. The fourth-order valence-electron chi connectivity index (χ4n) is 5.64. The van der Waals surface area contributed by atoms with E-state index in [0.29, 0.717) is 23.5 Å². The van der Waals surface area contributed by atoms with Gasteiger partial charge in [-0.2, -0.15) is 0 Å². The molecule has 1 aliphatic carbocycles. The first-order chi connectivity index (χ1) is 21.7. The predicted molar refractivity (Wildman–Crippen MR) is 170 cm³/mol. The molecular formula is C33H36N4O7S. The number of carbonyl (C=O) groups excluding carboxylic acids is 3. The molecule has 1 aliphatic rings. The number of hydrogen-bond donors (Lipinski definition) is 4. The van der Waals surface area contributed by atoms with E-state index in [4.69, 9.17) is 9.47 Å². The lowest BCUT2D eigenvalue weighted by molar-refractivity contribution is -0.121. The molecule has 45 heavy (non-hydrogen) atoms. The molecule has 1 atom stereocenters. The number of aromatic amines is 1. The SMILES string of the molecule is CCNC(=O)CC(c1ccc(C(=O)NS(=O)(=O)c2ccccc2)cc1OC)c1c[nH]c2ccc(NC(=O)OC3CCCC3)cc12. The van der Waals surface area contributed by atoms with Crippen LogP contribution >= 0.6 is 0 Å². The van der Waals surface area contributed by atoms with E-state index in [2.05, 4.69) is 20.3 Å². The van der Waals surface area contributed by atoms with Crippen molar-refractivity contribution in [3.8, 4) is 5.75 Å². The maximum Gasteiger partial charge on any atom is 0.411 e. The Balaban J connectivity index is 1.46. The fraction of sp³-hybridized carbons (Fsp3) is 0.303. The van der Waals surface area contributed by atoms with Crippen molar-refractivity contribution in [2.24, 2.45) is 0 Å². The van der Waals surface area contributed by atoms with Gasteiger partial charge in [-0.3, -0.25) is 14.9 Å². The predicted octanol–water partition coefficient (Wildman–Crippen LogP) is 5.44. The number of fused-ring (bicyclic) bond motifs is 1. The summed E-state index contributed by atoms with van der Waals surface area (Å²) in [6.45, 7) is 2.28. The third-order valence-corrected chi connectivity index (χ3v) is 9.17. The van der Waals surface area contributed by atoms with Crippen molar-refractivity contribution in [3.63, 3.8) is 0 Å². The molecule has 12 heteroatoms. The fourth-order valence-corrected chi connectivity index (χ4v) is 6.63. The number of rotatable bonds is 11. The van der Waals surface area contributed by atoms with Gasteiger partial charge in [0.1, 0.15) is 11.9 Å². The standard InChI is InChI=1S/C33H36N4O7S/c1-3-34-31(38)19-26(28-20-35-29-16-14-22(18-27(28)29)36-33(40)44-23-9-7-8-10-23)25-15-13-21(17-30(25)43-2)32(39)37-45(41,42)24-11-5-4-6-12-24/h4-6,11-18,20,23,26,35H,3,7-10,19H2,1-2H3,(H,34,38)(H,36,40)(H,37,39). The Morgan fingerprint density at radius 2 is 1.73 bits per heavy atom. The topological polar surface area (TPSA) is 156 Å². The Hall–Kier alpha value is -4.84. The molecule has 5 rings (SSSR count). The monoisotopic (exact) mass is 632 g/mol. The second-order valence-corrected chi connectivity index (χ2v) is 12.5. The Bertz CT molecular complexity index is 1800. The van der Waals surface area contributed by atoms with Crippen LogP contribution in [-0.4, -0.2) is 51.1 Å². The van der Waals surface area contributed by atoms with Gasteiger partial charge in [0.05, 0.1) is 12.0 Å². The van der Waals surface area contributed by atoms with Crippen molar-refractivity contribution in [3.05, 3.63) is 89.6 Å². The Labute approximate surface area is 261 Å². The minimum Gasteiger partial charge on any atom is -0.496 e. The highest BCUT2D eigenvalue weighted by molar-refractivity contribution is 7.90. The molecule has 3 aromatic carbocycles. The second-order valence-electron chi connectivity index (χ2n) is 10.9. The Kier molecular flexibility index (Phi) is 9.72. The minimum absolute atomic E-state index is 0.0380. The van der Waals surface area contributed by atoms with Crippen molar-refractivity contribution < 1.29 is 32.3 Å². The van der Waals surface area contributed by atoms with E-state index < -0.39 is 27.9 Å². The summed E-state index contributed by atoms with van der Waals surface area (Å²) in [7, 11) is -2.65. The molecule has 0 bridgehead atoms. The number of hydrogen-bond acceptors (Lipinski definition) is 7. The van der Waals surface area contributed by atoms with E-state index in [9.17, 15) is 22.8 Å². The second kappa shape index (κ2) is 13.9. The molecule has 1 unspecified atom stereocenters. The van der Waals surface area contributed by atoms with Gasteiger partial charge < -0.3 is 19.8 Å². The molecule has 1 heterocycles. The molecule has 3 amide bonds. The molecule has 4 N–H and O–H groups in total. The van der Waals surface area contributed by atoms with Crippen molar-refractivity contribution in [1.29, 1.82) is 0 Å². The van der Waals surface area contributed by atoms with Gasteiger partial charge in [-0.15, -0.1) is 0 Å². The van der Waals surface area contributed by atoms with Crippen LogP contribution in [0, 0.1) is 0 Å². The molecule has 1 aromatic heterocycles. The molecule has 0 spiro atoms.